The second kappa shape index (κ2) is 17.3. The van der Waals surface area contributed by atoms with Crippen LogP contribution < -0.4 is 0 Å². The summed E-state index contributed by atoms with van der Waals surface area (Å²) in [6.45, 7) is 3.84. The van der Waals surface area contributed by atoms with Gasteiger partial charge in [0.1, 0.15) is 0 Å². The summed E-state index contributed by atoms with van der Waals surface area (Å²) in [6.07, 6.45) is 25.4. The van der Waals surface area contributed by atoms with Gasteiger partial charge in [0.15, 0.2) is 12.6 Å². The van der Waals surface area contributed by atoms with Crippen molar-refractivity contribution in [3.05, 3.63) is 24.3 Å². The predicted octanol–water partition coefficient (Wildman–Crippen LogP) is 7.17. The van der Waals surface area contributed by atoms with E-state index in [-0.39, 0.29) is 31.2 Å². The highest BCUT2D eigenvalue weighted by Gasteiger charge is 2.36. The lowest BCUT2D eigenvalue weighted by molar-refractivity contribution is -0.192. The van der Waals surface area contributed by atoms with Gasteiger partial charge in [-0.15, -0.1) is 0 Å². The quantitative estimate of drug-likeness (QED) is 0.177. The van der Waals surface area contributed by atoms with Crippen LogP contribution in [0, 0.1) is 11.8 Å². The minimum absolute atomic E-state index is 0.0720. The zero-order valence-corrected chi connectivity index (χ0v) is 22.5. The van der Waals surface area contributed by atoms with Gasteiger partial charge >= 0.3 is 5.97 Å². The first-order valence-corrected chi connectivity index (χ1v) is 14.7. The molecule has 0 radical (unpaired) electrons. The van der Waals surface area contributed by atoms with E-state index in [2.05, 4.69) is 31.2 Å². The monoisotopic (exact) mass is 506 g/mol. The number of rotatable bonds is 16. The van der Waals surface area contributed by atoms with Crippen LogP contribution in [0.1, 0.15) is 110 Å². The minimum Gasteiger partial charge on any atom is -0.481 e. The molecule has 6 heteroatoms. The maximum Gasteiger partial charge on any atom is 0.303 e. The smallest absolute Gasteiger partial charge is 0.303 e. The van der Waals surface area contributed by atoms with E-state index in [1.807, 2.05) is 0 Å². The van der Waals surface area contributed by atoms with Gasteiger partial charge in [-0.05, 0) is 83.0 Å². The summed E-state index contributed by atoms with van der Waals surface area (Å²) < 4.78 is 24.7. The molecule has 0 aromatic heterocycles. The SMILES string of the molecule is CCCCCC(C=C[C@H]1C(OC2CCCCO2)CC[C@@H]1CC=CCCCC(=O)O)OC1CCCCO1. The van der Waals surface area contributed by atoms with Crippen molar-refractivity contribution in [3.8, 4) is 0 Å². The standard InChI is InChI=1S/C30H50O6/c1-2-3-6-14-25(35-29-16-9-11-22-33-29)19-20-26-24(13-7-4-5-8-15-28(31)32)18-21-27(26)36-30-17-10-12-23-34-30/h4,7,19-20,24-27,29-30H,2-3,5-6,8-18,21-23H2,1H3,(H,31,32)/t24-,25?,26+,27?,29?,30?/m0/s1. The molecule has 1 aliphatic carbocycles. The van der Waals surface area contributed by atoms with E-state index >= 15 is 0 Å². The molecule has 0 spiro atoms. The molecule has 1 saturated carbocycles. The van der Waals surface area contributed by atoms with Crippen molar-refractivity contribution in [3.63, 3.8) is 0 Å². The van der Waals surface area contributed by atoms with E-state index < -0.39 is 5.97 Å². The normalized spacial score (nSPS) is 30.3. The Labute approximate surface area is 218 Å². The summed E-state index contributed by atoms with van der Waals surface area (Å²) in [4.78, 5) is 10.7. The molecular weight excluding hydrogens is 456 g/mol. The van der Waals surface area contributed by atoms with Crippen molar-refractivity contribution in [2.24, 2.45) is 11.8 Å². The third-order valence-electron chi connectivity index (χ3n) is 7.73. The van der Waals surface area contributed by atoms with Gasteiger partial charge in [0.05, 0.1) is 12.2 Å². The molecule has 2 saturated heterocycles. The van der Waals surface area contributed by atoms with Crippen molar-refractivity contribution in [2.45, 2.75) is 134 Å². The van der Waals surface area contributed by atoms with Crippen molar-refractivity contribution >= 4 is 5.97 Å². The molecule has 206 valence electrons. The van der Waals surface area contributed by atoms with Crippen molar-refractivity contribution in [1.82, 2.24) is 0 Å². The molecule has 0 amide bonds. The Kier molecular flexibility index (Phi) is 14.1. The van der Waals surface area contributed by atoms with E-state index in [1.165, 1.54) is 32.1 Å². The van der Waals surface area contributed by atoms with E-state index in [0.717, 1.165) is 71.0 Å². The summed E-state index contributed by atoms with van der Waals surface area (Å²) in [6, 6.07) is 0. The second-order valence-corrected chi connectivity index (χ2v) is 10.7. The van der Waals surface area contributed by atoms with E-state index in [0.29, 0.717) is 18.3 Å². The van der Waals surface area contributed by atoms with Gasteiger partial charge in [-0.25, -0.2) is 0 Å². The number of hydrogen-bond acceptors (Lipinski definition) is 5. The zero-order valence-electron chi connectivity index (χ0n) is 22.5. The molecule has 0 aromatic carbocycles. The Hall–Kier alpha value is -1.21. The van der Waals surface area contributed by atoms with E-state index in [9.17, 15) is 4.79 Å². The van der Waals surface area contributed by atoms with Crippen molar-refractivity contribution in [1.29, 1.82) is 0 Å². The van der Waals surface area contributed by atoms with Crippen LogP contribution in [0.15, 0.2) is 24.3 Å². The third kappa shape index (κ3) is 11.0. The Balaban J connectivity index is 1.61. The Bertz CT molecular complexity index is 650. The van der Waals surface area contributed by atoms with Crippen LogP contribution in [-0.2, 0) is 23.7 Å². The van der Waals surface area contributed by atoms with Crippen LogP contribution >= 0.6 is 0 Å². The lowest BCUT2D eigenvalue weighted by Gasteiger charge is -2.30. The fourth-order valence-electron chi connectivity index (χ4n) is 5.63. The molecule has 2 heterocycles. The lowest BCUT2D eigenvalue weighted by atomic mass is 9.90. The fourth-order valence-corrected chi connectivity index (χ4v) is 5.63. The number of ether oxygens (including phenoxy) is 4. The topological polar surface area (TPSA) is 74.2 Å². The molecule has 0 bridgehead atoms. The van der Waals surface area contributed by atoms with Crippen LogP contribution in [0.3, 0.4) is 0 Å². The molecule has 4 unspecified atom stereocenters. The summed E-state index contributed by atoms with van der Waals surface area (Å²) in [7, 11) is 0. The van der Waals surface area contributed by atoms with Gasteiger partial charge in [-0.2, -0.15) is 0 Å². The molecule has 1 N–H and O–H groups in total. The molecule has 36 heavy (non-hydrogen) atoms. The van der Waals surface area contributed by atoms with Gasteiger partial charge in [-0.1, -0.05) is 50.5 Å². The van der Waals surface area contributed by atoms with Crippen LogP contribution in [0.2, 0.25) is 0 Å². The van der Waals surface area contributed by atoms with Crippen LogP contribution in [0.25, 0.3) is 0 Å². The first-order valence-electron chi connectivity index (χ1n) is 14.7. The van der Waals surface area contributed by atoms with Crippen LogP contribution in [-0.4, -0.2) is 49.1 Å². The summed E-state index contributed by atoms with van der Waals surface area (Å²) >= 11 is 0. The number of unbranched alkanes of at least 4 members (excludes halogenated alkanes) is 3. The maximum atomic E-state index is 10.7. The molecule has 3 rings (SSSR count). The molecule has 2 aliphatic heterocycles. The van der Waals surface area contributed by atoms with Crippen molar-refractivity contribution < 1.29 is 28.8 Å². The molecule has 6 atom stereocenters. The van der Waals surface area contributed by atoms with Crippen LogP contribution in [0.4, 0.5) is 0 Å². The van der Waals surface area contributed by atoms with Gasteiger partial charge < -0.3 is 24.1 Å². The van der Waals surface area contributed by atoms with Gasteiger partial charge in [0, 0.05) is 25.6 Å². The number of allylic oxidation sites excluding steroid dienone is 2. The average Bonchev–Trinajstić information content (AvgIpc) is 3.26. The highest BCUT2D eigenvalue weighted by molar-refractivity contribution is 5.66. The van der Waals surface area contributed by atoms with E-state index in [1.54, 1.807) is 0 Å². The molecule has 3 fully saturated rings. The Morgan fingerprint density at radius 1 is 0.972 bits per heavy atom. The molecule has 3 aliphatic rings. The first kappa shape index (κ1) is 29.3. The number of carboxylic acids is 1. The van der Waals surface area contributed by atoms with E-state index in [4.69, 9.17) is 24.1 Å². The van der Waals surface area contributed by atoms with Crippen LogP contribution in [0.5, 0.6) is 0 Å². The number of aliphatic carboxylic acids is 1. The second-order valence-electron chi connectivity index (χ2n) is 10.7. The largest absolute Gasteiger partial charge is 0.481 e. The molecule has 0 aromatic rings. The summed E-state index contributed by atoms with van der Waals surface area (Å²) in [5, 5.41) is 8.84. The average molecular weight is 507 g/mol. The minimum atomic E-state index is -0.719. The number of hydrogen-bond donors (Lipinski definition) is 1. The maximum absolute atomic E-state index is 10.7. The summed E-state index contributed by atoms with van der Waals surface area (Å²) in [5.41, 5.74) is 0. The Morgan fingerprint density at radius 3 is 2.44 bits per heavy atom. The molecule has 6 nitrogen and oxygen atoms in total. The first-order chi connectivity index (χ1) is 17.7. The highest BCUT2D eigenvalue weighted by Crippen LogP contribution is 2.39. The van der Waals surface area contributed by atoms with Crippen molar-refractivity contribution in [2.75, 3.05) is 13.2 Å². The fraction of sp³-hybridized carbons (Fsp3) is 0.833. The van der Waals surface area contributed by atoms with Gasteiger partial charge in [0.25, 0.3) is 0 Å². The predicted molar refractivity (Wildman–Crippen MR) is 142 cm³/mol. The Morgan fingerprint density at radius 2 is 1.75 bits per heavy atom. The number of carboxylic acid groups (broad SMARTS) is 1. The third-order valence-corrected chi connectivity index (χ3v) is 7.73. The lowest BCUT2D eigenvalue weighted by Crippen LogP contribution is -2.31. The zero-order chi connectivity index (χ0) is 25.4. The molecular formula is C30H50O6. The van der Waals surface area contributed by atoms with Gasteiger partial charge in [-0.3, -0.25) is 4.79 Å². The highest BCUT2D eigenvalue weighted by atomic mass is 16.7. The number of carbonyl (C=O) groups is 1. The van der Waals surface area contributed by atoms with Gasteiger partial charge in [0.2, 0.25) is 0 Å². The summed E-state index contributed by atoms with van der Waals surface area (Å²) in [5.74, 6) is 0.139.